The van der Waals surface area contributed by atoms with Crippen molar-refractivity contribution in [3.05, 3.63) is 30.0 Å². The SMILES string of the molecule is COC(Cc1nn(C)c2ccccc12)C(=O)O. The van der Waals surface area contributed by atoms with Crippen molar-refractivity contribution in [2.75, 3.05) is 7.11 Å². The summed E-state index contributed by atoms with van der Waals surface area (Å²) in [6.07, 6.45) is -0.582. The van der Waals surface area contributed by atoms with E-state index in [0.29, 0.717) is 0 Å². The van der Waals surface area contributed by atoms with Crippen LogP contribution in [0.4, 0.5) is 0 Å². The normalized spacial score (nSPS) is 12.8. The van der Waals surface area contributed by atoms with Crippen LogP contribution in [-0.2, 0) is 23.0 Å². The molecule has 17 heavy (non-hydrogen) atoms. The van der Waals surface area contributed by atoms with Gasteiger partial charge >= 0.3 is 5.97 Å². The van der Waals surface area contributed by atoms with Crippen LogP contribution in [-0.4, -0.2) is 34.1 Å². The maximum atomic E-state index is 10.9. The number of nitrogens with zero attached hydrogens (tertiary/aromatic N) is 2. The second kappa shape index (κ2) is 4.55. The lowest BCUT2D eigenvalue weighted by Crippen LogP contribution is -2.25. The van der Waals surface area contributed by atoms with Gasteiger partial charge in [-0.1, -0.05) is 18.2 Å². The second-order valence-electron chi connectivity index (χ2n) is 3.85. The Morgan fingerprint density at radius 1 is 1.53 bits per heavy atom. The fourth-order valence-electron chi connectivity index (χ4n) is 1.89. The first-order valence-electron chi connectivity index (χ1n) is 5.29. The van der Waals surface area contributed by atoms with E-state index < -0.39 is 12.1 Å². The lowest BCUT2D eigenvalue weighted by atomic mass is 10.1. The highest BCUT2D eigenvalue weighted by Gasteiger charge is 2.20. The van der Waals surface area contributed by atoms with Gasteiger partial charge in [-0.2, -0.15) is 5.10 Å². The number of carboxylic acid groups (broad SMARTS) is 1. The van der Waals surface area contributed by atoms with Gasteiger partial charge in [0.2, 0.25) is 0 Å². The summed E-state index contributed by atoms with van der Waals surface area (Å²) in [5.74, 6) is -0.970. The van der Waals surface area contributed by atoms with Crippen molar-refractivity contribution in [2.45, 2.75) is 12.5 Å². The Kier molecular flexibility index (Phi) is 3.10. The number of ether oxygens (including phenoxy) is 1. The number of aryl methyl sites for hydroxylation is 1. The van der Waals surface area contributed by atoms with E-state index in [9.17, 15) is 4.79 Å². The van der Waals surface area contributed by atoms with Crippen molar-refractivity contribution in [1.82, 2.24) is 9.78 Å². The average molecular weight is 234 g/mol. The van der Waals surface area contributed by atoms with Gasteiger partial charge in [-0.15, -0.1) is 0 Å². The molecule has 2 rings (SSSR count). The van der Waals surface area contributed by atoms with Crippen LogP contribution in [0.3, 0.4) is 0 Å². The predicted molar refractivity (Wildman–Crippen MR) is 62.9 cm³/mol. The van der Waals surface area contributed by atoms with E-state index >= 15 is 0 Å². The molecule has 0 aliphatic carbocycles. The standard InChI is InChI=1S/C12H14N2O3/c1-14-10-6-4-3-5-8(10)9(13-14)7-11(17-2)12(15)16/h3-6,11H,7H2,1-2H3,(H,15,16). The molecule has 1 N–H and O–H groups in total. The van der Waals surface area contributed by atoms with Crippen molar-refractivity contribution in [2.24, 2.45) is 7.05 Å². The third-order valence-corrected chi connectivity index (χ3v) is 2.77. The molecule has 0 saturated heterocycles. The van der Waals surface area contributed by atoms with Crippen LogP contribution in [0.25, 0.3) is 10.9 Å². The van der Waals surface area contributed by atoms with Crippen LogP contribution < -0.4 is 0 Å². The van der Waals surface area contributed by atoms with Gasteiger partial charge in [-0.05, 0) is 6.07 Å². The molecule has 0 spiro atoms. The zero-order chi connectivity index (χ0) is 12.4. The minimum Gasteiger partial charge on any atom is -0.479 e. The number of carbonyl (C=O) groups is 1. The van der Waals surface area contributed by atoms with Crippen molar-refractivity contribution >= 4 is 16.9 Å². The fourth-order valence-corrected chi connectivity index (χ4v) is 1.89. The Morgan fingerprint density at radius 3 is 2.88 bits per heavy atom. The number of benzene rings is 1. The van der Waals surface area contributed by atoms with E-state index in [1.807, 2.05) is 31.3 Å². The molecule has 1 atom stereocenters. The first-order valence-corrected chi connectivity index (χ1v) is 5.29. The summed E-state index contributed by atoms with van der Waals surface area (Å²) in [6, 6.07) is 7.73. The molecule has 5 nitrogen and oxygen atoms in total. The topological polar surface area (TPSA) is 64.4 Å². The lowest BCUT2D eigenvalue weighted by Gasteiger charge is -2.08. The van der Waals surface area contributed by atoms with E-state index in [-0.39, 0.29) is 6.42 Å². The van der Waals surface area contributed by atoms with Crippen LogP contribution in [0.2, 0.25) is 0 Å². The summed E-state index contributed by atoms with van der Waals surface area (Å²) in [4.78, 5) is 10.9. The first-order chi connectivity index (χ1) is 8.13. The Labute approximate surface area is 98.6 Å². The van der Waals surface area contributed by atoms with Crippen molar-refractivity contribution < 1.29 is 14.6 Å². The molecular weight excluding hydrogens is 220 g/mol. The Hall–Kier alpha value is -1.88. The first kappa shape index (κ1) is 11.6. The summed E-state index contributed by atoms with van der Waals surface area (Å²) >= 11 is 0. The zero-order valence-electron chi connectivity index (χ0n) is 9.75. The molecule has 0 fully saturated rings. The number of aliphatic carboxylic acids is 1. The highest BCUT2D eigenvalue weighted by atomic mass is 16.5. The lowest BCUT2D eigenvalue weighted by molar-refractivity contribution is -0.148. The van der Waals surface area contributed by atoms with E-state index in [1.165, 1.54) is 7.11 Å². The molecule has 0 saturated carbocycles. The highest BCUT2D eigenvalue weighted by molar-refractivity contribution is 5.83. The third-order valence-electron chi connectivity index (χ3n) is 2.77. The van der Waals surface area contributed by atoms with Crippen LogP contribution in [0.15, 0.2) is 24.3 Å². The van der Waals surface area contributed by atoms with Crippen molar-refractivity contribution in [3.63, 3.8) is 0 Å². The molecule has 0 aliphatic rings. The Morgan fingerprint density at radius 2 is 2.24 bits per heavy atom. The van der Waals surface area contributed by atoms with Gasteiger partial charge in [0.05, 0.1) is 11.2 Å². The molecule has 0 bridgehead atoms. The molecular formula is C12H14N2O3. The van der Waals surface area contributed by atoms with E-state index in [1.54, 1.807) is 4.68 Å². The maximum absolute atomic E-state index is 10.9. The number of rotatable bonds is 4. The number of methoxy groups -OCH3 is 1. The molecule has 0 aliphatic heterocycles. The van der Waals surface area contributed by atoms with Crippen LogP contribution in [0, 0.1) is 0 Å². The molecule has 0 radical (unpaired) electrons. The summed E-state index contributed by atoms with van der Waals surface area (Å²) in [5, 5.41) is 14.3. The molecule has 1 unspecified atom stereocenters. The number of hydrogen-bond acceptors (Lipinski definition) is 3. The molecule has 5 heteroatoms. The molecule has 1 aromatic carbocycles. The monoisotopic (exact) mass is 234 g/mol. The second-order valence-corrected chi connectivity index (χ2v) is 3.85. The van der Waals surface area contributed by atoms with Gasteiger partial charge in [-0.25, -0.2) is 4.79 Å². The minimum absolute atomic E-state index is 0.271. The fraction of sp³-hybridized carbons (Fsp3) is 0.333. The van der Waals surface area contributed by atoms with E-state index in [0.717, 1.165) is 16.6 Å². The number of hydrogen-bond donors (Lipinski definition) is 1. The van der Waals surface area contributed by atoms with Gasteiger partial charge in [-0.3, -0.25) is 4.68 Å². The smallest absolute Gasteiger partial charge is 0.333 e. The van der Waals surface area contributed by atoms with Crippen molar-refractivity contribution in [1.29, 1.82) is 0 Å². The van der Waals surface area contributed by atoms with E-state index in [2.05, 4.69) is 5.10 Å². The number of aromatic nitrogens is 2. The third kappa shape index (κ3) is 2.14. The largest absolute Gasteiger partial charge is 0.479 e. The molecule has 1 heterocycles. The average Bonchev–Trinajstić information content (AvgIpc) is 2.63. The van der Waals surface area contributed by atoms with Crippen LogP contribution in [0.1, 0.15) is 5.69 Å². The molecule has 90 valence electrons. The predicted octanol–water partition coefficient (Wildman–Crippen LogP) is 1.22. The van der Waals surface area contributed by atoms with E-state index in [4.69, 9.17) is 9.84 Å². The summed E-state index contributed by atoms with van der Waals surface area (Å²) in [5.41, 5.74) is 1.74. The quantitative estimate of drug-likeness (QED) is 0.863. The van der Waals surface area contributed by atoms with Gasteiger partial charge in [0.1, 0.15) is 0 Å². The minimum atomic E-state index is -0.970. The number of para-hydroxylation sites is 1. The Bertz CT molecular complexity index is 548. The maximum Gasteiger partial charge on any atom is 0.333 e. The molecule has 2 aromatic rings. The number of fused-ring (bicyclic) bond motifs is 1. The number of carboxylic acids is 1. The van der Waals surface area contributed by atoms with Gasteiger partial charge < -0.3 is 9.84 Å². The highest BCUT2D eigenvalue weighted by Crippen LogP contribution is 2.19. The Balaban J connectivity index is 2.39. The summed E-state index contributed by atoms with van der Waals surface area (Å²) < 4.78 is 6.67. The molecule has 1 aromatic heterocycles. The molecule has 0 amide bonds. The van der Waals surface area contributed by atoms with Gasteiger partial charge in [0, 0.05) is 26.0 Å². The van der Waals surface area contributed by atoms with Gasteiger partial charge in [0.25, 0.3) is 0 Å². The summed E-state index contributed by atoms with van der Waals surface area (Å²) in [6.45, 7) is 0. The van der Waals surface area contributed by atoms with Gasteiger partial charge in [0.15, 0.2) is 6.10 Å². The van der Waals surface area contributed by atoms with Crippen LogP contribution in [0.5, 0.6) is 0 Å². The summed E-state index contributed by atoms with van der Waals surface area (Å²) in [7, 11) is 3.23. The van der Waals surface area contributed by atoms with Crippen LogP contribution >= 0.6 is 0 Å². The van der Waals surface area contributed by atoms with Crippen molar-refractivity contribution in [3.8, 4) is 0 Å². The zero-order valence-corrected chi connectivity index (χ0v) is 9.75.